The molecule has 0 bridgehead atoms. The Labute approximate surface area is 126 Å². The summed E-state index contributed by atoms with van der Waals surface area (Å²) in [6.45, 7) is 9.37. The molecule has 0 amide bonds. The van der Waals surface area contributed by atoms with Crippen LogP contribution in [0.25, 0.3) is 0 Å². The second-order valence-corrected chi connectivity index (χ2v) is 7.40. The Kier molecular flexibility index (Phi) is 4.43. The molecule has 2 rings (SSSR count). The summed E-state index contributed by atoms with van der Waals surface area (Å²) in [5.74, 6) is 1.19. The highest BCUT2D eigenvalue weighted by molar-refractivity contribution is 7.53. The largest absolute Gasteiger partial charge is 0.427 e. The zero-order chi connectivity index (χ0) is 15.6. The van der Waals surface area contributed by atoms with Crippen LogP contribution >= 0.6 is 7.60 Å². The summed E-state index contributed by atoms with van der Waals surface area (Å²) in [6, 6.07) is 11.5. The van der Waals surface area contributed by atoms with Crippen molar-refractivity contribution in [3.8, 4) is 11.5 Å². The molecule has 0 unspecified atom stereocenters. The van der Waals surface area contributed by atoms with Crippen LogP contribution in [-0.4, -0.2) is 6.66 Å². The lowest BCUT2D eigenvalue weighted by Gasteiger charge is -2.19. The molecule has 0 aliphatic carbocycles. The molecule has 0 saturated heterocycles. The first-order valence-electron chi connectivity index (χ1n) is 6.88. The standard InChI is InChI=1S/C17H21O3P/c1-12-6-8-16(14(3)10-12)19-21(5,18)20-17-9-7-13(2)11-15(17)4/h6-11H,1-5H3. The number of hydrogen-bond acceptors (Lipinski definition) is 3. The number of benzene rings is 2. The highest BCUT2D eigenvalue weighted by Crippen LogP contribution is 2.46. The van der Waals surface area contributed by atoms with E-state index in [4.69, 9.17) is 9.05 Å². The van der Waals surface area contributed by atoms with Gasteiger partial charge in [-0.3, -0.25) is 0 Å². The van der Waals surface area contributed by atoms with Gasteiger partial charge in [-0.2, -0.15) is 0 Å². The molecular weight excluding hydrogens is 283 g/mol. The molecule has 21 heavy (non-hydrogen) atoms. The van der Waals surface area contributed by atoms with Gasteiger partial charge in [-0.1, -0.05) is 35.4 Å². The van der Waals surface area contributed by atoms with Gasteiger partial charge in [0.05, 0.1) is 6.66 Å². The normalized spacial score (nSPS) is 11.3. The van der Waals surface area contributed by atoms with Gasteiger partial charge in [-0.15, -0.1) is 0 Å². The number of rotatable bonds is 4. The Balaban J connectivity index is 2.20. The van der Waals surface area contributed by atoms with E-state index >= 15 is 0 Å². The smallest absolute Gasteiger partial charge is 0.416 e. The Bertz CT molecular complexity index is 650. The highest BCUT2D eigenvalue weighted by atomic mass is 31.2. The fourth-order valence-corrected chi connectivity index (χ4v) is 3.34. The molecule has 0 heterocycles. The molecule has 0 saturated carbocycles. The molecule has 2 aromatic rings. The van der Waals surface area contributed by atoms with Crippen LogP contribution in [0.4, 0.5) is 0 Å². The van der Waals surface area contributed by atoms with E-state index in [9.17, 15) is 4.57 Å². The van der Waals surface area contributed by atoms with Crippen molar-refractivity contribution in [3.05, 3.63) is 58.7 Å². The van der Waals surface area contributed by atoms with Crippen molar-refractivity contribution in [2.24, 2.45) is 0 Å². The summed E-state index contributed by atoms with van der Waals surface area (Å²) in [5, 5.41) is 0. The predicted octanol–water partition coefficient (Wildman–Crippen LogP) is 5.20. The maximum atomic E-state index is 12.6. The molecule has 0 atom stereocenters. The van der Waals surface area contributed by atoms with Crippen LogP contribution in [0.5, 0.6) is 11.5 Å². The summed E-state index contributed by atoms with van der Waals surface area (Å²) in [6.07, 6.45) is 0. The average Bonchev–Trinajstić information content (AvgIpc) is 2.36. The van der Waals surface area contributed by atoms with Crippen molar-refractivity contribution in [2.75, 3.05) is 6.66 Å². The van der Waals surface area contributed by atoms with E-state index in [0.29, 0.717) is 11.5 Å². The maximum absolute atomic E-state index is 12.6. The first-order chi connectivity index (χ1) is 9.77. The van der Waals surface area contributed by atoms with Gasteiger partial charge in [0, 0.05) is 0 Å². The molecule has 0 spiro atoms. The lowest BCUT2D eigenvalue weighted by Crippen LogP contribution is -2.01. The lowest BCUT2D eigenvalue weighted by atomic mass is 10.1. The van der Waals surface area contributed by atoms with E-state index in [1.165, 1.54) is 6.66 Å². The highest BCUT2D eigenvalue weighted by Gasteiger charge is 2.22. The predicted molar refractivity (Wildman–Crippen MR) is 86.6 cm³/mol. The van der Waals surface area contributed by atoms with Gasteiger partial charge in [0.2, 0.25) is 0 Å². The van der Waals surface area contributed by atoms with Crippen LogP contribution in [0.15, 0.2) is 36.4 Å². The SMILES string of the molecule is Cc1ccc(OP(C)(=O)Oc2ccc(C)cc2C)c(C)c1. The van der Waals surface area contributed by atoms with Crippen LogP contribution < -0.4 is 9.05 Å². The van der Waals surface area contributed by atoms with Crippen LogP contribution in [0.2, 0.25) is 0 Å². The van der Waals surface area contributed by atoms with E-state index < -0.39 is 7.60 Å². The second kappa shape index (κ2) is 5.95. The van der Waals surface area contributed by atoms with Crippen LogP contribution in [0.1, 0.15) is 22.3 Å². The van der Waals surface area contributed by atoms with Crippen LogP contribution in [-0.2, 0) is 4.57 Å². The lowest BCUT2D eigenvalue weighted by molar-refractivity contribution is 0.391. The Morgan fingerprint density at radius 3 is 1.48 bits per heavy atom. The van der Waals surface area contributed by atoms with Crippen molar-refractivity contribution < 1.29 is 13.6 Å². The third-order valence-electron chi connectivity index (χ3n) is 3.19. The van der Waals surface area contributed by atoms with E-state index in [-0.39, 0.29) is 0 Å². The third-order valence-corrected chi connectivity index (χ3v) is 4.25. The zero-order valence-corrected chi connectivity index (χ0v) is 14.0. The minimum absolute atomic E-state index is 0.594. The minimum atomic E-state index is -3.22. The maximum Gasteiger partial charge on any atom is 0.427 e. The number of hydrogen-bond donors (Lipinski definition) is 0. The summed E-state index contributed by atoms with van der Waals surface area (Å²) < 4.78 is 23.8. The van der Waals surface area contributed by atoms with Crippen LogP contribution in [0.3, 0.4) is 0 Å². The van der Waals surface area contributed by atoms with E-state index in [2.05, 4.69) is 0 Å². The molecular formula is C17H21O3P. The topological polar surface area (TPSA) is 35.5 Å². The van der Waals surface area contributed by atoms with Gasteiger partial charge in [0.25, 0.3) is 0 Å². The number of aryl methyl sites for hydroxylation is 4. The Morgan fingerprint density at radius 1 is 0.762 bits per heavy atom. The first kappa shape index (κ1) is 15.7. The summed E-state index contributed by atoms with van der Waals surface area (Å²) in [7, 11) is -3.22. The van der Waals surface area contributed by atoms with E-state index in [0.717, 1.165) is 22.3 Å². The molecule has 0 N–H and O–H groups in total. The molecule has 0 aliphatic heterocycles. The van der Waals surface area contributed by atoms with Crippen LogP contribution in [0, 0.1) is 27.7 Å². The van der Waals surface area contributed by atoms with Crippen molar-refractivity contribution in [1.82, 2.24) is 0 Å². The van der Waals surface area contributed by atoms with Gasteiger partial charge in [0.15, 0.2) is 0 Å². The minimum Gasteiger partial charge on any atom is -0.416 e. The van der Waals surface area contributed by atoms with Gasteiger partial charge in [-0.25, -0.2) is 4.57 Å². The Morgan fingerprint density at radius 2 is 1.14 bits per heavy atom. The third kappa shape index (κ3) is 4.12. The van der Waals surface area contributed by atoms with Gasteiger partial charge < -0.3 is 9.05 Å². The average molecular weight is 304 g/mol. The monoisotopic (exact) mass is 304 g/mol. The van der Waals surface area contributed by atoms with Gasteiger partial charge in [-0.05, 0) is 51.0 Å². The molecule has 0 radical (unpaired) electrons. The molecule has 112 valence electrons. The molecule has 0 fully saturated rings. The quantitative estimate of drug-likeness (QED) is 0.728. The fourth-order valence-electron chi connectivity index (χ4n) is 2.18. The van der Waals surface area contributed by atoms with Crippen molar-refractivity contribution in [3.63, 3.8) is 0 Å². The molecule has 0 aliphatic rings. The fraction of sp³-hybridized carbons (Fsp3) is 0.294. The summed E-state index contributed by atoms with van der Waals surface area (Å²) in [4.78, 5) is 0. The molecule has 4 heteroatoms. The van der Waals surface area contributed by atoms with E-state index in [1.807, 2.05) is 64.1 Å². The second-order valence-electron chi connectivity index (χ2n) is 5.49. The zero-order valence-electron chi connectivity index (χ0n) is 13.1. The summed E-state index contributed by atoms with van der Waals surface area (Å²) >= 11 is 0. The molecule has 0 aromatic heterocycles. The van der Waals surface area contributed by atoms with Gasteiger partial charge >= 0.3 is 7.60 Å². The molecule has 2 aromatic carbocycles. The molecule has 3 nitrogen and oxygen atoms in total. The first-order valence-corrected chi connectivity index (χ1v) is 8.87. The van der Waals surface area contributed by atoms with E-state index in [1.54, 1.807) is 0 Å². The van der Waals surface area contributed by atoms with Gasteiger partial charge in [0.1, 0.15) is 11.5 Å². The van der Waals surface area contributed by atoms with Crippen molar-refractivity contribution in [2.45, 2.75) is 27.7 Å². The summed E-state index contributed by atoms with van der Waals surface area (Å²) in [5.41, 5.74) is 4.17. The Hall–Kier alpha value is -1.73. The van der Waals surface area contributed by atoms with Crippen molar-refractivity contribution >= 4 is 7.60 Å². The van der Waals surface area contributed by atoms with Crippen molar-refractivity contribution in [1.29, 1.82) is 0 Å².